The van der Waals surface area contributed by atoms with E-state index < -0.39 is 0 Å². The second-order valence-electron chi connectivity index (χ2n) is 4.64. The van der Waals surface area contributed by atoms with Gasteiger partial charge in [0.05, 0.1) is 0 Å². The quantitative estimate of drug-likeness (QED) is 0.723. The Hall–Kier alpha value is -0.610. The largest absolute Gasteiger partial charge is 0.349 e. The summed E-state index contributed by atoms with van der Waals surface area (Å²) in [7, 11) is 0. The summed E-state index contributed by atoms with van der Waals surface area (Å²) in [5.74, 6) is 0.773. The number of nitrogens with zero attached hydrogens (tertiary/aromatic N) is 2. The van der Waals surface area contributed by atoms with Crippen LogP contribution in [0, 0.1) is 5.92 Å². The van der Waals surface area contributed by atoms with Gasteiger partial charge in [-0.1, -0.05) is 13.8 Å². The maximum Gasteiger partial charge on any atom is 0.185 e. The first kappa shape index (κ1) is 14.5. The van der Waals surface area contributed by atoms with Crippen LogP contribution >= 0.6 is 11.3 Å². The highest BCUT2D eigenvalue weighted by Gasteiger charge is 2.07. The first-order valence-corrected chi connectivity index (χ1v) is 7.39. The second kappa shape index (κ2) is 7.67. The van der Waals surface area contributed by atoms with Crippen molar-refractivity contribution in [3.05, 3.63) is 11.1 Å². The van der Waals surface area contributed by atoms with Crippen LogP contribution in [0.5, 0.6) is 0 Å². The molecular weight excluding hydrogens is 230 g/mol. The molecule has 3 nitrogen and oxygen atoms in total. The molecule has 0 fully saturated rings. The fourth-order valence-electron chi connectivity index (χ4n) is 1.62. The standard InChI is InChI=1S/C13H25N3S/c1-5-16(6-2)13-15-10-12(17-13)9-14-8-7-11(3)4/h10-11,14H,5-9H2,1-4H3. The fourth-order valence-corrected chi connectivity index (χ4v) is 2.63. The van der Waals surface area contributed by atoms with Crippen LogP contribution in [0.2, 0.25) is 0 Å². The van der Waals surface area contributed by atoms with E-state index in [0.717, 1.165) is 37.2 Å². The average molecular weight is 255 g/mol. The van der Waals surface area contributed by atoms with Gasteiger partial charge in [0, 0.05) is 30.7 Å². The van der Waals surface area contributed by atoms with Crippen molar-refractivity contribution < 1.29 is 0 Å². The van der Waals surface area contributed by atoms with Gasteiger partial charge in [-0.15, -0.1) is 11.3 Å². The summed E-state index contributed by atoms with van der Waals surface area (Å²) < 4.78 is 0. The minimum absolute atomic E-state index is 0.773. The molecule has 4 heteroatoms. The molecule has 0 unspecified atom stereocenters. The Morgan fingerprint density at radius 3 is 2.65 bits per heavy atom. The van der Waals surface area contributed by atoms with Crippen molar-refractivity contribution in [1.29, 1.82) is 0 Å². The molecule has 0 aliphatic carbocycles. The summed E-state index contributed by atoms with van der Waals surface area (Å²) in [5.41, 5.74) is 0. The third-order valence-corrected chi connectivity index (χ3v) is 3.83. The van der Waals surface area contributed by atoms with E-state index in [0.29, 0.717) is 0 Å². The number of hydrogen-bond acceptors (Lipinski definition) is 4. The van der Waals surface area contributed by atoms with Gasteiger partial charge >= 0.3 is 0 Å². The van der Waals surface area contributed by atoms with E-state index in [1.807, 2.05) is 6.20 Å². The Kier molecular flexibility index (Phi) is 6.52. The van der Waals surface area contributed by atoms with E-state index >= 15 is 0 Å². The third kappa shape index (κ3) is 5.04. The van der Waals surface area contributed by atoms with Crippen LogP contribution in [-0.2, 0) is 6.54 Å². The van der Waals surface area contributed by atoms with Gasteiger partial charge in [-0.05, 0) is 32.7 Å². The lowest BCUT2D eigenvalue weighted by atomic mass is 10.1. The summed E-state index contributed by atoms with van der Waals surface area (Å²) >= 11 is 1.80. The number of anilines is 1. The first-order chi connectivity index (χ1) is 8.17. The Balaban J connectivity index is 2.35. The van der Waals surface area contributed by atoms with Gasteiger partial charge < -0.3 is 10.2 Å². The van der Waals surface area contributed by atoms with Crippen molar-refractivity contribution in [3.63, 3.8) is 0 Å². The molecule has 0 radical (unpaired) electrons. The van der Waals surface area contributed by atoms with Crippen LogP contribution in [0.4, 0.5) is 5.13 Å². The molecule has 1 N–H and O–H groups in total. The molecule has 1 heterocycles. The molecule has 0 spiro atoms. The first-order valence-electron chi connectivity index (χ1n) is 6.57. The molecule has 0 saturated carbocycles. The lowest BCUT2D eigenvalue weighted by molar-refractivity contribution is 0.539. The summed E-state index contributed by atoms with van der Waals surface area (Å²) in [5, 5.41) is 4.62. The fraction of sp³-hybridized carbons (Fsp3) is 0.769. The summed E-state index contributed by atoms with van der Waals surface area (Å²) in [6.07, 6.45) is 3.24. The molecule has 98 valence electrons. The molecule has 0 aliphatic rings. The van der Waals surface area contributed by atoms with E-state index in [4.69, 9.17) is 0 Å². The molecule has 0 saturated heterocycles. The molecule has 1 aromatic heterocycles. The zero-order valence-electron chi connectivity index (χ0n) is 11.5. The normalized spacial score (nSPS) is 11.1. The number of nitrogens with one attached hydrogen (secondary N) is 1. The number of aromatic nitrogens is 1. The Labute approximate surface area is 109 Å². The number of hydrogen-bond donors (Lipinski definition) is 1. The van der Waals surface area contributed by atoms with Crippen molar-refractivity contribution in [2.24, 2.45) is 5.92 Å². The highest BCUT2D eigenvalue weighted by molar-refractivity contribution is 7.15. The average Bonchev–Trinajstić information content (AvgIpc) is 2.75. The van der Waals surface area contributed by atoms with Crippen LogP contribution in [0.25, 0.3) is 0 Å². The van der Waals surface area contributed by atoms with E-state index in [2.05, 4.69) is 42.9 Å². The van der Waals surface area contributed by atoms with Crippen LogP contribution in [0.1, 0.15) is 39.0 Å². The van der Waals surface area contributed by atoms with E-state index in [9.17, 15) is 0 Å². The molecule has 0 aliphatic heterocycles. The maximum absolute atomic E-state index is 4.48. The van der Waals surface area contributed by atoms with Crippen LogP contribution < -0.4 is 10.2 Å². The summed E-state index contributed by atoms with van der Waals surface area (Å²) in [6, 6.07) is 0. The van der Waals surface area contributed by atoms with Gasteiger partial charge in [0.2, 0.25) is 0 Å². The Morgan fingerprint density at radius 2 is 2.06 bits per heavy atom. The SMILES string of the molecule is CCN(CC)c1ncc(CNCCC(C)C)s1. The third-order valence-electron chi connectivity index (χ3n) is 2.77. The smallest absolute Gasteiger partial charge is 0.185 e. The Bertz CT molecular complexity index is 305. The molecule has 0 atom stereocenters. The minimum Gasteiger partial charge on any atom is -0.349 e. The summed E-state index contributed by atoms with van der Waals surface area (Å²) in [6.45, 7) is 13.0. The van der Waals surface area contributed by atoms with Crippen LogP contribution in [0.3, 0.4) is 0 Å². The maximum atomic E-state index is 4.48. The lowest BCUT2D eigenvalue weighted by Crippen LogP contribution is -2.21. The van der Waals surface area contributed by atoms with Crippen molar-refractivity contribution in [1.82, 2.24) is 10.3 Å². The van der Waals surface area contributed by atoms with Gasteiger partial charge in [0.1, 0.15) is 0 Å². The van der Waals surface area contributed by atoms with E-state index in [1.165, 1.54) is 11.3 Å². The predicted molar refractivity (Wildman–Crippen MR) is 76.8 cm³/mol. The minimum atomic E-state index is 0.773. The highest BCUT2D eigenvalue weighted by Crippen LogP contribution is 2.21. The van der Waals surface area contributed by atoms with Gasteiger partial charge in [0.15, 0.2) is 5.13 Å². The monoisotopic (exact) mass is 255 g/mol. The molecule has 0 aromatic carbocycles. The van der Waals surface area contributed by atoms with E-state index in [1.54, 1.807) is 11.3 Å². The predicted octanol–water partition coefficient (Wildman–Crippen LogP) is 3.13. The zero-order valence-corrected chi connectivity index (χ0v) is 12.3. The molecule has 0 amide bonds. The topological polar surface area (TPSA) is 28.2 Å². The summed E-state index contributed by atoms with van der Waals surface area (Å²) in [4.78, 5) is 8.10. The molecule has 17 heavy (non-hydrogen) atoms. The number of rotatable bonds is 8. The van der Waals surface area contributed by atoms with Gasteiger partial charge in [-0.3, -0.25) is 0 Å². The van der Waals surface area contributed by atoms with E-state index in [-0.39, 0.29) is 0 Å². The molecule has 1 rings (SSSR count). The number of thiazole rings is 1. The second-order valence-corrected chi connectivity index (χ2v) is 5.73. The molecule has 0 bridgehead atoms. The lowest BCUT2D eigenvalue weighted by Gasteiger charge is -2.16. The zero-order chi connectivity index (χ0) is 12.7. The molecule has 1 aromatic rings. The van der Waals surface area contributed by atoms with Crippen molar-refractivity contribution in [2.75, 3.05) is 24.5 Å². The van der Waals surface area contributed by atoms with Gasteiger partial charge in [-0.2, -0.15) is 0 Å². The van der Waals surface area contributed by atoms with Gasteiger partial charge in [-0.25, -0.2) is 4.98 Å². The van der Waals surface area contributed by atoms with Crippen molar-refractivity contribution >= 4 is 16.5 Å². The highest BCUT2D eigenvalue weighted by atomic mass is 32.1. The van der Waals surface area contributed by atoms with Gasteiger partial charge in [0.25, 0.3) is 0 Å². The van der Waals surface area contributed by atoms with Crippen molar-refractivity contribution in [3.8, 4) is 0 Å². The van der Waals surface area contributed by atoms with Crippen LogP contribution in [0.15, 0.2) is 6.20 Å². The molecular formula is C13H25N3S. The van der Waals surface area contributed by atoms with Crippen LogP contribution in [-0.4, -0.2) is 24.6 Å². The van der Waals surface area contributed by atoms with Crippen molar-refractivity contribution in [2.45, 2.75) is 40.7 Å². The Morgan fingerprint density at radius 1 is 1.35 bits per heavy atom.